The van der Waals surface area contributed by atoms with Crippen molar-refractivity contribution in [1.29, 1.82) is 0 Å². The van der Waals surface area contributed by atoms with Gasteiger partial charge in [-0.1, -0.05) is 0 Å². The third-order valence-electron chi connectivity index (χ3n) is 3.80. The summed E-state index contributed by atoms with van der Waals surface area (Å²) in [5, 5.41) is 11.3. The Bertz CT molecular complexity index is 487. The number of carboxylic acid groups (broad SMARTS) is 1. The molecule has 0 spiro atoms. The molecule has 0 radical (unpaired) electrons. The summed E-state index contributed by atoms with van der Waals surface area (Å²) in [4.78, 5) is 49.2. The molecule has 1 unspecified atom stereocenters. The first-order chi connectivity index (χ1) is 9.25. The molecule has 2 aliphatic rings. The molecule has 8 heteroatoms. The number of aliphatic carboxylic acids is 1. The normalized spacial score (nSPS) is 25.6. The number of hydrogen-bond acceptors (Lipinski definition) is 4. The van der Waals surface area contributed by atoms with Gasteiger partial charge in [-0.2, -0.15) is 0 Å². The quantitative estimate of drug-likeness (QED) is 0.624. The van der Waals surface area contributed by atoms with Crippen LogP contribution in [0.2, 0.25) is 0 Å². The molecule has 0 aliphatic carbocycles. The zero-order chi connectivity index (χ0) is 15.1. The van der Waals surface area contributed by atoms with Gasteiger partial charge in [0.15, 0.2) is 0 Å². The van der Waals surface area contributed by atoms with Gasteiger partial charge in [-0.25, -0.2) is 9.59 Å². The number of imide groups is 1. The summed E-state index contributed by atoms with van der Waals surface area (Å²) in [5.41, 5.74) is -1.18. The number of amides is 4. The van der Waals surface area contributed by atoms with E-state index in [1.165, 1.54) is 18.7 Å². The maximum absolute atomic E-state index is 12.5. The minimum Gasteiger partial charge on any atom is -0.480 e. The second-order valence-corrected chi connectivity index (χ2v) is 5.49. The second kappa shape index (κ2) is 4.77. The van der Waals surface area contributed by atoms with E-state index in [0.29, 0.717) is 19.4 Å². The second-order valence-electron chi connectivity index (χ2n) is 5.49. The number of hydrogen-bond donors (Lipinski definition) is 2. The molecule has 2 heterocycles. The van der Waals surface area contributed by atoms with Gasteiger partial charge in [0.05, 0.1) is 0 Å². The number of likely N-dealkylation sites (tertiary alicyclic amines) is 1. The Morgan fingerprint density at radius 1 is 1.35 bits per heavy atom. The average molecular weight is 283 g/mol. The molecule has 2 rings (SSSR count). The van der Waals surface area contributed by atoms with Crippen LogP contribution in [0.15, 0.2) is 0 Å². The standard InChI is InChI=1S/C12H17N3O5/c1-12(2)10(19)13-8(16)6-15(12)11(20)14-5-3-4-7(14)9(17)18/h7H,3-6H2,1-2H3,(H,17,18)(H,13,16,19). The number of nitrogens with zero attached hydrogens (tertiary/aromatic N) is 2. The van der Waals surface area contributed by atoms with E-state index in [1.54, 1.807) is 0 Å². The number of carbonyl (C=O) groups is 4. The number of piperazine rings is 1. The fraction of sp³-hybridized carbons (Fsp3) is 0.667. The molecule has 0 aromatic heterocycles. The largest absolute Gasteiger partial charge is 0.480 e. The highest BCUT2D eigenvalue weighted by Gasteiger charge is 2.47. The van der Waals surface area contributed by atoms with Crippen molar-refractivity contribution in [3.8, 4) is 0 Å². The lowest BCUT2D eigenvalue weighted by Crippen LogP contribution is -2.67. The molecule has 2 N–H and O–H groups in total. The van der Waals surface area contributed by atoms with E-state index in [0.717, 1.165) is 4.90 Å². The fourth-order valence-electron chi connectivity index (χ4n) is 2.50. The summed E-state index contributed by atoms with van der Waals surface area (Å²) in [6, 6.07) is -1.47. The minimum absolute atomic E-state index is 0.250. The third kappa shape index (κ3) is 2.21. The number of nitrogens with one attached hydrogen (secondary N) is 1. The molecule has 0 saturated carbocycles. The van der Waals surface area contributed by atoms with Gasteiger partial charge in [-0.15, -0.1) is 0 Å². The molecular weight excluding hydrogens is 266 g/mol. The van der Waals surface area contributed by atoms with E-state index < -0.39 is 35.4 Å². The van der Waals surface area contributed by atoms with Crippen LogP contribution in [0, 0.1) is 0 Å². The Labute approximate surface area is 115 Å². The van der Waals surface area contributed by atoms with E-state index in [9.17, 15) is 19.2 Å². The van der Waals surface area contributed by atoms with Crippen LogP contribution >= 0.6 is 0 Å². The summed E-state index contributed by atoms with van der Waals surface area (Å²) in [6.07, 6.45) is 0.979. The molecule has 1 atom stereocenters. The molecule has 0 aromatic rings. The number of carboxylic acids is 1. The molecule has 2 saturated heterocycles. The van der Waals surface area contributed by atoms with Crippen molar-refractivity contribution in [2.24, 2.45) is 0 Å². The molecule has 0 bridgehead atoms. The van der Waals surface area contributed by atoms with E-state index in [-0.39, 0.29) is 6.54 Å². The third-order valence-corrected chi connectivity index (χ3v) is 3.80. The Morgan fingerprint density at radius 3 is 2.60 bits per heavy atom. The predicted octanol–water partition coefficient (Wildman–Crippen LogP) is -0.608. The number of urea groups is 1. The lowest BCUT2D eigenvalue weighted by atomic mass is 9.99. The lowest BCUT2D eigenvalue weighted by Gasteiger charge is -2.42. The molecule has 2 aliphatic heterocycles. The van der Waals surface area contributed by atoms with Crippen molar-refractivity contribution < 1.29 is 24.3 Å². The molecule has 110 valence electrons. The van der Waals surface area contributed by atoms with Crippen molar-refractivity contribution in [2.45, 2.75) is 38.3 Å². The smallest absolute Gasteiger partial charge is 0.326 e. The van der Waals surface area contributed by atoms with Crippen LogP contribution in [-0.2, 0) is 14.4 Å². The molecule has 0 aromatic carbocycles. The van der Waals surface area contributed by atoms with Gasteiger partial charge in [0, 0.05) is 6.54 Å². The average Bonchev–Trinajstić information content (AvgIpc) is 2.82. The Morgan fingerprint density at radius 2 is 2.00 bits per heavy atom. The monoisotopic (exact) mass is 283 g/mol. The van der Waals surface area contributed by atoms with Gasteiger partial charge in [0.2, 0.25) is 5.91 Å². The first-order valence-corrected chi connectivity index (χ1v) is 6.40. The molecule has 20 heavy (non-hydrogen) atoms. The van der Waals surface area contributed by atoms with E-state index in [1.807, 2.05) is 0 Å². The first-order valence-electron chi connectivity index (χ1n) is 6.40. The highest BCUT2D eigenvalue weighted by atomic mass is 16.4. The number of carbonyl (C=O) groups excluding carboxylic acids is 3. The lowest BCUT2D eigenvalue weighted by molar-refractivity contribution is -0.143. The van der Waals surface area contributed by atoms with Gasteiger partial charge < -0.3 is 14.9 Å². The highest BCUT2D eigenvalue weighted by Crippen LogP contribution is 2.25. The van der Waals surface area contributed by atoms with Gasteiger partial charge in [0.1, 0.15) is 18.1 Å². The molecular formula is C12H17N3O5. The first kappa shape index (κ1) is 14.3. The summed E-state index contributed by atoms with van der Waals surface area (Å²) in [5.74, 6) is -2.19. The van der Waals surface area contributed by atoms with Crippen molar-refractivity contribution in [2.75, 3.05) is 13.1 Å². The van der Waals surface area contributed by atoms with Gasteiger partial charge in [0.25, 0.3) is 5.91 Å². The van der Waals surface area contributed by atoms with E-state index in [2.05, 4.69) is 5.32 Å². The minimum atomic E-state index is -1.18. The predicted molar refractivity (Wildman–Crippen MR) is 66.7 cm³/mol. The van der Waals surface area contributed by atoms with Crippen LogP contribution in [0.4, 0.5) is 4.79 Å². The van der Waals surface area contributed by atoms with Gasteiger partial charge in [-0.3, -0.25) is 14.9 Å². The Balaban J connectivity index is 2.25. The van der Waals surface area contributed by atoms with Crippen molar-refractivity contribution in [3.63, 3.8) is 0 Å². The van der Waals surface area contributed by atoms with Gasteiger partial charge >= 0.3 is 12.0 Å². The zero-order valence-corrected chi connectivity index (χ0v) is 11.4. The highest BCUT2D eigenvalue weighted by molar-refractivity contribution is 6.06. The van der Waals surface area contributed by atoms with Crippen molar-refractivity contribution in [3.05, 3.63) is 0 Å². The van der Waals surface area contributed by atoms with Crippen LogP contribution in [0.3, 0.4) is 0 Å². The maximum atomic E-state index is 12.5. The van der Waals surface area contributed by atoms with E-state index in [4.69, 9.17) is 5.11 Å². The number of rotatable bonds is 1. The van der Waals surface area contributed by atoms with Gasteiger partial charge in [-0.05, 0) is 26.7 Å². The Kier molecular flexibility index (Phi) is 3.41. The summed E-state index contributed by atoms with van der Waals surface area (Å²) >= 11 is 0. The Hall–Kier alpha value is -2.12. The maximum Gasteiger partial charge on any atom is 0.326 e. The van der Waals surface area contributed by atoms with Crippen molar-refractivity contribution >= 4 is 23.8 Å². The van der Waals surface area contributed by atoms with E-state index >= 15 is 0 Å². The SMILES string of the molecule is CC1(C)C(=O)NC(=O)CN1C(=O)N1CCCC1C(=O)O. The van der Waals surface area contributed by atoms with Crippen LogP contribution in [-0.4, -0.2) is 63.4 Å². The fourth-order valence-corrected chi connectivity index (χ4v) is 2.50. The summed E-state index contributed by atoms with van der Waals surface area (Å²) < 4.78 is 0. The van der Waals surface area contributed by atoms with Crippen molar-refractivity contribution in [1.82, 2.24) is 15.1 Å². The summed E-state index contributed by atoms with van der Waals surface area (Å²) in [6.45, 7) is 3.12. The molecule has 2 fully saturated rings. The summed E-state index contributed by atoms with van der Waals surface area (Å²) in [7, 11) is 0. The molecule has 4 amide bonds. The van der Waals surface area contributed by atoms with Crippen LogP contribution < -0.4 is 5.32 Å². The topological polar surface area (TPSA) is 107 Å². The van der Waals surface area contributed by atoms with Crippen LogP contribution in [0.1, 0.15) is 26.7 Å². The van der Waals surface area contributed by atoms with Crippen LogP contribution in [0.5, 0.6) is 0 Å². The zero-order valence-electron chi connectivity index (χ0n) is 11.4. The molecule has 8 nitrogen and oxygen atoms in total. The van der Waals surface area contributed by atoms with Crippen LogP contribution in [0.25, 0.3) is 0 Å².